The minimum Gasteiger partial charge on any atom is -0.372 e. The van der Waals surface area contributed by atoms with Crippen LogP contribution in [0.25, 0.3) is 0 Å². The number of hydrogen-bond donors (Lipinski definition) is 0. The van der Waals surface area contributed by atoms with E-state index >= 15 is 0 Å². The summed E-state index contributed by atoms with van der Waals surface area (Å²) >= 11 is 0. The molecule has 22 heavy (non-hydrogen) atoms. The van der Waals surface area contributed by atoms with Crippen LogP contribution in [-0.2, 0) is 22.7 Å². The van der Waals surface area contributed by atoms with Crippen LogP contribution in [0.2, 0.25) is 0 Å². The maximum atomic E-state index is 12.4. The lowest BCUT2D eigenvalue weighted by molar-refractivity contribution is 0.0563. The zero-order valence-electron chi connectivity index (χ0n) is 14.1. The van der Waals surface area contributed by atoms with Crippen molar-refractivity contribution in [3.8, 4) is 0 Å². The molecule has 0 atom stereocenters. The third-order valence-electron chi connectivity index (χ3n) is 3.71. The third kappa shape index (κ3) is 2.80. The van der Waals surface area contributed by atoms with Gasteiger partial charge in [-0.2, -0.15) is 4.52 Å². The van der Waals surface area contributed by atoms with Crippen molar-refractivity contribution in [1.82, 2.24) is 9.03 Å². The van der Waals surface area contributed by atoms with Crippen LogP contribution in [0.15, 0.2) is 9.59 Å². The van der Waals surface area contributed by atoms with Crippen molar-refractivity contribution in [2.24, 2.45) is 0 Å². The lowest BCUT2D eigenvalue weighted by Crippen LogP contribution is -2.23. The molecule has 2 heterocycles. The number of hydrogen-bond acceptors (Lipinski definition) is 4. The summed E-state index contributed by atoms with van der Waals surface area (Å²) in [6.07, 6.45) is 0.0893. The van der Waals surface area contributed by atoms with Crippen molar-refractivity contribution in [2.75, 3.05) is 0 Å². The number of nitrogens with zero attached hydrogens (tertiary/aromatic N) is 2. The summed E-state index contributed by atoms with van der Waals surface area (Å²) < 4.78 is 14.1. The molecule has 0 amide bonds. The maximum Gasteiger partial charge on any atom is 0.277 e. The van der Waals surface area contributed by atoms with Gasteiger partial charge in [0, 0.05) is 11.1 Å². The monoisotopic (exact) mass is 308 g/mol. The van der Waals surface area contributed by atoms with Crippen LogP contribution in [-0.4, -0.2) is 21.2 Å². The maximum absolute atomic E-state index is 12.4. The first kappa shape index (κ1) is 16.7. The number of fused-ring (bicyclic) bond motifs is 1. The molecule has 0 radical (unpaired) electrons. The van der Waals surface area contributed by atoms with Crippen LogP contribution in [0.4, 0.5) is 0 Å². The van der Waals surface area contributed by atoms with E-state index in [1.54, 1.807) is 18.4 Å². The standard InChI is InChI=1S/C16H24N2O4/c1-9(2)21-7-13-11(5)15(19)18-16(20)12(6)14(17(13)18)8-22-10(3)4/h9-10H,7-8H2,1-6H3. The van der Waals surface area contributed by atoms with Crippen LogP contribution < -0.4 is 11.1 Å². The molecule has 0 unspecified atom stereocenters. The van der Waals surface area contributed by atoms with Crippen LogP contribution in [0.5, 0.6) is 0 Å². The normalized spacial score (nSPS) is 12.2. The highest BCUT2D eigenvalue weighted by Crippen LogP contribution is 2.14. The highest BCUT2D eigenvalue weighted by atomic mass is 16.5. The molecule has 2 rings (SSSR count). The molecule has 0 spiro atoms. The second-order valence-corrected chi connectivity index (χ2v) is 6.10. The largest absolute Gasteiger partial charge is 0.372 e. The van der Waals surface area contributed by atoms with Crippen molar-refractivity contribution in [1.29, 1.82) is 0 Å². The smallest absolute Gasteiger partial charge is 0.277 e. The summed E-state index contributed by atoms with van der Waals surface area (Å²) in [6, 6.07) is 0. The van der Waals surface area contributed by atoms with Gasteiger partial charge in [-0.15, -0.1) is 0 Å². The molecule has 0 aromatic carbocycles. The molecule has 2 aromatic rings. The Kier molecular flexibility index (Phi) is 4.72. The van der Waals surface area contributed by atoms with E-state index in [0.29, 0.717) is 22.5 Å². The minimum atomic E-state index is -0.286. The number of rotatable bonds is 6. The predicted molar refractivity (Wildman–Crippen MR) is 83.9 cm³/mol. The zero-order valence-corrected chi connectivity index (χ0v) is 14.1. The molecule has 6 heteroatoms. The highest BCUT2D eigenvalue weighted by molar-refractivity contribution is 5.26. The molecular weight excluding hydrogens is 284 g/mol. The van der Waals surface area contributed by atoms with E-state index in [1.807, 2.05) is 27.7 Å². The fraction of sp³-hybridized carbons (Fsp3) is 0.625. The highest BCUT2D eigenvalue weighted by Gasteiger charge is 2.22. The van der Waals surface area contributed by atoms with Crippen molar-refractivity contribution >= 4 is 0 Å². The first-order chi connectivity index (χ1) is 10.3. The Labute approximate surface area is 129 Å². The number of ether oxygens (including phenoxy) is 2. The lowest BCUT2D eigenvalue weighted by atomic mass is 10.2. The molecule has 0 saturated carbocycles. The van der Waals surface area contributed by atoms with Crippen molar-refractivity contribution in [3.63, 3.8) is 0 Å². The molecule has 0 aliphatic heterocycles. The van der Waals surface area contributed by atoms with Gasteiger partial charge < -0.3 is 9.47 Å². The van der Waals surface area contributed by atoms with Gasteiger partial charge in [0.15, 0.2) is 0 Å². The van der Waals surface area contributed by atoms with E-state index in [1.165, 1.54) is 4.52 Å². The molecule has 0 aliphatic carbocycles. The summed E-state index contributed by atoms with van der Waals surface area (Å²) in [7, 11) is 0. The molecule has 0 saturated heterocycles. The van der Waals surface area contributed by atoms with Crippen LogP contribution >= 0.6 is 0 Å². The van der Waals surface area contributed by atoms with Gasteiger partial charge in [0.1, 0.15) is 0 Å². The van der Waals surface area contributed by atoms with Gasteiger partial charge in [-0.05, 0) is 41.5 Å². The Morgan fingerprint density at radius 3 is 1.45 bits per heavy atom. The van der Waals surface area contributed by atoms with Crippen LogP contribution in [0.3, 0.4) is 0 Å². The molecule has 0 N–H and O–H groups in total. The molecule has 0 bridgehead atoms. The molecule has 6 nitrogen and oxygen atoms in total. The van der Waals surface area contributed by atoms with E-state index in [4.69, 9.17) is 9.47 Å². The molecule has 0 aliphatic rings. The fourth-order valence-electron chi connectivity index (χ4n) is 2.39. The predicted octanol–water partition coefficient (Wildman–Crippen LogP) is 1.66. The molecule has 2 aromatic heterocycles. The summed E-state index contributed by atoms with van der Waals surface area (Å²) in [5, 5.41) is 0. The Morgan fingerprint density at radius 1 is 0.773 bits per heavy atom. The summed E-state index contributed by atoms with van der Waals surface area (Å²) in [6.45, 7) is 11.8. The van der Waals surface area contributed by atoms with Gasteiger partial charge in [-0.1, -0.05) is 0 Å². The lowest BCUT2D eigenvalue weighted by Gasteiger charge is -2.11. The van der Waals surface area contributed by atoms with Gasteiger partial charge in [-0.25, -0.2) is 4.52 Å². The first-order valence-electron chi connectivity index (χ1n) is 7.57. The molecule has 122 valence electrons. The average molecular weight is 308 g/mol. The van der Waals surface area contributed by atoms with Crippen molar-refractivity contribution < 1.29 is 9.47 Å². The second kappa shape index (κ2) is 6.22. The molecule has 0 fully saturated rings. The average Bonchev–Trinajstić information content (AvgIpc) is 2.81. The van der Waals surface area contributed by atoms with E-state index in [2.05, 4.69) is 0 Å². The van der Waals surface area contributed by atoms with Gasteiger partial charge in [0.2, 0.25) is 0 Å². The van der Waals surface area contributed by atoms with E-state index in [-0.39, 0.29) is 36.5 Å². The summed E-state index contributed by atoms with van der Waals surface area (Å²) in [5.41, 5.74) is 1.95. The van der Waals surface area contributed by atoms with E-state index < -0.39 is 0 Å². The SMILES string of the molecule is Cc1c(COC(C)C)n2c(COC(C)C)c(C)c(=O)n2c1=O. The zero-order chi connectivity index (χ0) is 16.6. The number of aromatic nitrogens is 2. The van der Waals surface area contributed by atoms with Gasteiger partial charge in [-0.3, -0.25) is 9.59 Å². The Morgan fingerprint density at radius 2 is 1.14 bits per heavy atom. The molecular formula is C16H24N2O4. The van der Waals surface area contributed by atoms with Gasteiger partial charge in [0.25, 0.3) is 11.1 Å². The Balaban J connectivity index is 2.63. The third-order valence-corrected chi connectivity index (χ3v) is 3.71. The van der Waals surface area contributed by atoms with Gasteiger partial charge in [0.05, 0.1) is 36.8 Å². The Bertz CT molecular complexity index is 709. The summed E-state index contributed by atoms with van der Waals surface area (Å²) in [4.78, 5) is 24.7. The van der Waals surface area contributed by atoms with E-state index in [0.717, 1.165) is 0 Å². The second-order valence-electron chi connectivity index (χ2n) is 6.10. The van der Waals surface area contributed by atoms with E-state index in [9.17, 15) is 9.59 Å². The quantitative estimate of drug-likeness (QED) is 0.814. The summed E-state index contributed by atoms with van der Waals surface area (Å²) in [5.74, 6) is 0. The van der Waals surface area contributed by atoms with Crippen molar-refractivity contribution in [2.45, 2.75) is 67.0 Å². The fourth-order valence-corrected chi connectivity index (χ4v) is 2.39. The topological polar surface area (TPSA) is 61.4 Å². The van der Waals surface area contributed by atoms with Crippen molar-refractivity contribution in [3.05, 3.63) is 43.2 Å². The van der Waals surface area contributed by atoms with Crippen LogP contribution in [0, 0.1) is 13.8 Å². The van der Waals surface area contributed by atoms with Gasteiger partial charge >= 0.3 is 0 Å². The first-order valence-corrected chi connectivity index (χ1v) is 7.57. The minimum absolute atomic E-state index is 0.0446. The Hall–Kier alpha value is -1.66. The van der Waals surface area contributed by atoms with Crippen LogP contribution in [0.1, 0.15) is 50.2 Å².